The van der Waals surface area contributed by atoms with E-state index >= 15 is 0 Å². The van der Waals surface area contributed by atoms with Gasteiger partial charge in [-0.15, -0.1) is 0 Å². The first kappa shape index (κ1) is 13.0. The van der Waals surface area contributed by atoms with Crippen LogP contribution in [0.5, 0.6) is 0 Å². The Bertz CT molecular complexity index is 501. The van der Waals surface area contributed by atoms with Gasteiger partial charge in [0.2, 0.25) is 0 Å². The molecular formula is C11H16ClN5O. The van der Waals surface area contributed by atoms with E-state index in [1.165, 1.54) is 6.33 Å². The van der Waals surface area contributed by atoms with Gasteiger partial charge in [-0.3, -0.25) is 0 Å². The number of rotatable bonds is 7. The minimum Gasteiger partial charge on any atom is -0.380 e. The van der Waals surface area contributed by atoms with Crippen molar-refractivity contribution >= 4 is 23.2 Å². The van der Waals surface area contributed by atoms with Crippen LogP contribution in [0.1, 0.15) is 19.8 Å². The Balaban J connectivity index is 1.89. The number of ether oxygens (including phenoxy) is 1. The molecule has 0 saturated heterocycles. The van der Waals surface area contributed by atoms with E-state index in [0.29, 0.717) is 24.1 Å². The van der Waals surface area contributed by atoms with Gasteiger partial charge >= 0.3 is 0 Å². The highest BCUT2D eigenvalue weighted by atomic mass is 35.5. The third-order valence-electron chi connectivity index (χ3n) is 2.42. The topological polar surface area (TPSA) is 64.3 Å². The van der Waals surface area contributed by atoms with Crippen LogP contribution in [-0.4, -0.2) is 39.3 Å². The van der Waals surface area contributed by atoms with Crippen molar-refractivity contribution in [2.75, 3.05) is 25.1 Å². The van der Waals surface area contributed by atoms with Gasteiger partial charge in [0.05, 0.1) is 6.61 Å². The first-order chi connectivity index (χ1) is 8.81. The monoisotopic (exact) mass is 269 g/mol. The predicted octanol–water partition coefficient (Wildman–Crippen LogP) is 2.01. The Morgan fingerprint density at radius 2 is 2.33 bits per heavy atom. The SMILES string of the molecule is CCCCOCCNc1cc(Cl)nc2ncnn12. The largest absolute Gasteiger partial charge is 0.380 e. The molecule has 98 valence electrons. The van der Waals surface area contributed by atoms with Crippen molar-refractivity contribution in [1.82, 2.24) is 19.6 Å². The molecule has 0 radical (unpaired) electrons. The van der Waals surface area contributed by atoms with Crippen molar-refractivity contribution in [3.8, 4) is 0 Å². The van der Waals surface area contributed by atoms with Crippen LogP contribution in [0.15, 0.2) is 12.4 Å². The minimum atomic E-state index is 0.393. The molecule has 0 aliphatic heterocycles. The standard InChI is InChI=1S/C11H16ClN5O/c1-2-3-5-18-6-4-13-10-7-9(12)16-11-14-8-15-17(10)11/h7-8,13H,2-6H2,1H3. The molecule has 0 amide bonds. The molecule has 0 fully saturated rings. The van der Waals surface area contributed by atoms with Crippen LogP contribution in [0.2, 0.25) is 5.15 Å². The average molecular weight is 270 g/mol. The highest BCUT2D eigenvalue weighted by Crippen LogP contribution is 2.13. The summed E-state index contributed by atoms with van der Waals surface area (Å²) in [5.74, 6) is 1.25. The zero-order valence-electron chi connectivity index (χ0n) is 10.3. The fourth-order valence-electron chi connectivity index (χ4n) is 1.51. The zero-order chi connectivity index (χ0) is 12.8. The number of hydrogen-bond acceptors (Lipinski definition) is 5. The van der Waals surface area contributed by atoms with Gasteiger partial charge in [0.25, 0.3) is 5.78 Å². The molecule has 0 bridgehead atoms. The highest BCUT2D eigenvalue weighted by molar-refractivity contribution is 6.29. The number of nitrogens with one attached hydrogen (secondary N) is 1. The van der Waals surface area contributed by atoms with Gasteiger partial charge in [-0.2, -0.15) is 19.6 Å². The molecule has 0 spiro atoms. The Morgan fingerprint density at radius 1 is 1.44 bits per heavy atom. The molecule has 0 aliphatic carbocycles. The average Bonchev–Trinajstić information content (AvgIpc) is 2.81. The second kappa shape index (κ2) is 6.51. The van der Waals surface area contributed by atoms with Crippen LogP contribution in [0, 0.1) is 0 Å². The number of fused-ring (bicyclic) bond motifs is 1. The molecule has 2 heterocycles. The van der Waals surface area contributed by atoms with E-state index in [2.05, 4.69) is 27.3 Å². The molecule has 7 heteroatoms. The van der Waals surface area contributed by atoms with Crippen LogP contribution in [-0.2, 0) is 4.74 Å². The molecular weight excluding hydrogens is 254 g/mol. The molecule has 0 unspecified atom stereocenters. The summed E-state index contributed by atoms with van der Waals surface area (Å²) in [6.45, 7) is 4.28. The molecule has 1 N–H and O–H groups in total. The maximum absolute atomic E-state index is 5.90. The van der Waals surface area contributed by atoms with Gasteiger partial charge < -0.3 is 10.1 Å². The maximum atomic E-state index is 5.90. The number of aromatic nitrogens is 4. The van der Waals surface area contributed by atoms with Crippen molar-refractivity contribution in [3.05, 3.63) is 17.5 Å². The number of anilines is 1. The van der Waals surface area contributed by atoms with Gasteiger partial charge in [0.1, 0.15) is 17.3 Å². The summed E-state index contributed by atoms with van der Waals surface area (Å²) in [7, 11) is 0. The third-order valence-corrected chi connectivity index (χ3v) is 2.61. The number of nitrogens with zero attached hydrogens (tertiary/aromatic N) is 4. The summed E-state index contributed by atoms with van der Waals surface area (Å²) in [4.78, 5) is 8.04. The van der Waals surface area contributed by atoms with Gasteiger partial charge in [0, 0.05) is 19.2 Å². The summed E-state index contributed by atoms with van der Waals surface area (Å²) in [5.41, 5.74) is 0. The fourth-order valence-corrected chi connectivity index (χ4v) is 1.69. The highest BCUT2D eigenvalue weighted by Gasteiger charge is 2.05. The maximum Gasteiger partial charge on any atom is 0.255 e. The lowest BCUT2D eigenvalue weighted by atomic mass is 10.4. The summed E-state index contributed by atoms with van der Waals surface area (Å²) in [5, 5.41) is 7.67. The Morgan fingerprint density at radius 3 is 3.17 bits per heavy atom. The van der Waals surface area contributed by atoms with Crippen LogP contribution < -0.4 is 5.32 Å². The van der Waals surface area contributed by atoms with Gasteiger partial charge in [-0.1, -0.05) is 24.9 Å². The first-order valence-electron chi connectivity index (χ1n) is 5.99. The van der Waals surface area contributed by atoms with E-state index in [-0.39, 0.29) is 0 Å². The van der Waals surface area contributed by atoms with Gasteiger partial charge in [-0.25, -0.2) is 0 Å². The smallest absolute Gasteiger partial charge is 0.255 e. The molecule has 18 heavy (non-hydrogen) atoms. The molecule has 2 aromatic heterocycles. The number of unbranched alkanes of at least 4 members (excludes halogenated alkanes) is 1. The van der Waals surface area contributed by atoms with Crippen molar-refractivity contribution in [1.29, 1.82) is 0 Å². The molecule has 0 saturated carbocycles. The molecule has 2 rings (SSSR count). The van der Waals surface area contributed by atoms with E-state index in [9.17, 15) is 0 Å². The van der Waals surface area contributed by atoms with Crippen LogP contribution in [0.25, 0.3) is 5.78 Å². The van der Waals surface area contributed by atoms with Crippen molar-refractivity contribution < 1.29 is 4.74 Å². The lowest BCUT2D eigenvalue weighted by Crippen LogP contribution is -2.13. The fraction of sp³-hybridized carbons (Fsp3) is 0.545. The van der Waals surface area contributed by atoms with Crippen molar-refractivity contribution in [3.63, 3.8) is 0 Å². The molecule has 2 aromatic rings. The summed E-state index contributed by atoms with van der Waals surface area (Å²) >= 11 is 5.90. The van der Waals surface area contributed by atoms with E-state index in [0.717, 1.165) is 25.3 Å². The summed E-state index contributed by atoms with van der Waals surface area (Å²) < 4.78 is 7.07. The van der Waals surface area contributed by atoms with E-state index in [4.69, 9.17) is 16.3 Å². The minimum absolute atomic E-state index is 0.393. The summed E-state index contributed by atoms with van der Waals surface area (Å²) in [6.07, 6.45) is 3.68. The Labute approximate surface area is 110 Å². The van der Waals surface area contributed by atoms with Gasteiger partial charge in [-0.05, 0) is 6.42 Å². The van der Waals surface area contributed by atoms with Crippen LogP contribution >= 0.6 is 11.6 Å². The molecule has 0 aliphatic rings. The third kappa shape index (κ3) is 3.30. The van der Waals surface area contributed by atoms with Crippen molar-refractivity contribution in [2.24, 2.45) is 0 Å². The van der Waals surface area contributed by atoms with E-state index < -0.39 is 0 Å². The van der Waals surface area contributed by atoms with Crippen LogP contribution in [0.3, 0.4) is 0 Å². The van der Waals surface area contributed by atoms with E-state index in [1.54, 1.807) is 10.6 Å². The van der Waals surface area contributed by atoms with Crippen LogP contribution in [0.4, 0.5) is 5.82 Å². The first-order valence-corrected chi connectivity index (χ1v) is 6.37. The second-order valence-corrected chi connectivity index (χ2v) is 4.22. The molecule has 6 nitrogen and oxygen atoms in total. The van der Waals surface area contributed by atoms with E-state index in [1.807, 2.05) is 0 Å². The number of hydrogen-bond donors (Lipinski definition) is 1. The lowest BCUT2D eigenvalue weighted by molar-refractivity contribution is 0.141. The normalized spacial score (nSPS) is 11.0. The molecule has 0 aromatic carbocycles. The zero-order valence-corrected chi connectivity index (χ0v) is 11.0. The second-order valence-electron chi connectivity index (χ2n) is 3.83. The Hall–Kier alpha value is -1.40. The van der Waals surface area contributed by atoms with Gasteiger partial charge in [0.15, 0.2) is 0 Å². The summed E-state index contributed by atoms with van der Waals surface area (Å²) in [6, 6.07) is 1.72. The number of halogens is 1. The predicted molar refractivity (Wildman–Crippen MR) is 70.0 cm³/mol. The van der Waals surface area contributed by atoms with Crippen molar-refractivity contribution in [2.45, 2.75) is 19.8 Å². The molecule has 0 atom stereocenters. The lowest BCUT2D eigenvalue weighted by Gasteiger charge is -2.08. The quantitative estimate of drug-likeness (QED) is 0.615. The Kier molecular flexibility index (Phi) is 4.72.